The first-order valence-electron chi connectivity index (χ1n) is 7.52. The monoisotopic (exact) mass is 344 g/mol. The number of aromatic nitrogens is 5. The van der Waals surface area contributed by atoms with Gasteiger partial charge in [0.25, 0.3) is 5.56 Å². The number of hydrogen-bond donors (Lipinski definition) is 2. The van der Waals surface area contributed by atoms with Gasteiger partial charge in [-0.15, -0.1) is 0 Å². The van der Waals surface area contributed by atoms with Gasteiger partial charge in [-0.25, -0.2) is 4.98 Å². The van der Waals surface area contributed by atoms with Crippen LogP contribution in [0, 0.1) is 0 Å². The largest absolute Gasteiger partial charge is 0.352 e. The highest BCUT2D eigenvalue weighted by atomic mass is 35.5. The molecule has 24 heavy (non-hydrogen) atoms. The Kier molecular flexibility index (Phi) is 4.90. The summed E-state index contributed by atoms with van der Waals surface area (Å²) in [4.78, 5) is 23.1. The van der Waals surface area contributed by atoms with Crippen LogP contribution in [0.25, 0.3) is 0 Å². The Morgan fingerprint density at radius 3 is 3.00 bits per heavy atom. The molecule has 0 aliphatic heterocycles. The SMILES string of the molecule is C[C@H](Cn1cc(Cl)cn1)c1cc(=O)[nH]c(NCc2cccnc2)n1. The van der Waals surface area contributed by atoms with Crippen LogP contribution in [-0.2, 0) is 13.1 Å². The third-order valence-corrected chi connectivity index (χ3v) is 3.71. The number of pyridine rings is 1. The van der Waals surface area contributed by atoms with E-state index < -0.39 is 0 Å². The van der Waals surface area contributed by atoms with Crippen LogP contribution in [-0.4, -0.2) is 24.7 Å². The maximum Gasteiger partial charge on any atom is 0.252 e. The Labute approximate surface area is 143 Å². The molecule has 3 aromatic heterocycles. The van der Waals surface area contributed by atoms with Crippen molar-refractivity contribution in [3.05, 3.63) is 69.6 Å². The highest BCUT2D eigenvalue weighted by molar-refractivity contribution is 6.30. The summed E-state index contributed by atoms with van der Waals surface area (Å²) in [6.07, 6.45) is 6.81. The molecule has 0 fully saturated rings. The van der Waals surface area contributed by atoms with Gasteiger partial charge in [-0.1, -0.05) is 24.6 Å². The van der Waals surface area contributed by atoms with E-state index >= 15 is 0 Å². The van der Waals surface area contributed by atoms with E-state index in [0.717, 1.165) is 5.56 Å². The number of rotatable bonds is 6. The molecule has 2 N–H and O–H groups in total. The maximum absolute atomic E-state index is 11.9. The maximum atomic E-state index is 11.9. The number of H-pyrrole nitrogens is 1. The van der Waals surface area contributed by atoms with Crippen molar-refractivity contribution in [1.82, 2.24) is 24.7 Å². The molecule has 3 rings (SSSR count). The zero-order valence-corrected chi connectivity index (χ0v) is 13.9. The van der Waals surface area contributed by atoms with Gasteiger partial charge in [0.05, 0.1) is 16.9 Å². The molecular formula is C16H17ClN6O. The lowest BCUT2D eigenvalue weighted by molar-refractivity contribution is 0.534. The Hall–Kier alpha value is -2.67. The number of anilines is 1. The molecule has 0 radical (unpaired) electrons. The number of aromatic amines is 1. The van der Waals surface area contributed by atoms with Crippen LogP contribution in [0.4, 0.5) is 5.95 Å². The van der Waals surface area contributed by atoms with Gasteiger partial charge < -0.3 is 5.32 Å². The quantitative estimate of drug-likeness (QED) is 0.717. The topological polar surface area (TPSA) is 88.5 Å². The number of nitrogens with one attached hydrogen (secondary N) is 2. The summed E-state index contributed by atoms with van der Waals surface area (Å²) in [7, 11) is 0. The van der Waals surface area contributed by atoms with Crippen LogP contribution in [0.15, 0.2) is 47.8 Å². The van der Waals surface area contributed by atoms with E-state index in [4.69, 9.17) is 11.6 Å². The molecule has 0 aromatic carbocycles. The summed E-state index contributed by atoms with van der Waals surface area (Å²) in [6, 6.07) is 5.32. The molecule has 1 atom stereocenters. The van der Waals surface area contributed by atoms with Crippen molar-refractivity contribution in [2.75, 3.05) is 5.32 Å². The summed E-state index contributed by atoms with van der Waals surface area (Å²) in [5.74, 6) is 0.453. The van der Waals surface area contributed by atoms with Crippen LogP contribution in [0.5, 0.6) is 0 Å². The fourth-order valence-corrected chi connectivity index (χ4v) is 2.47. The Bertz CT molecular complexity index is 860. The van der Waals surface area contributed by atoms with Crippen LogP contribution in [0.1, 0.15) is 24.1 Å². The van der Waals surface area contributed by atoms with Crippen molar-refractivity contribution < 1.29 is 0 Å². The molecule has 0 aliphatic rings. The number of nitrogens with zero attached hydrogens (tertiary/aromatic N) is 4. The molecule has 0 saturated heterocycles. The molecule has 3 heterocycles. The summed E-state index contributed by atoms with van der Waals surface area (Å²) in [6.45, 7) is 3.11. The average molecular weight is 345 g/mol. The van der Waals surface area contributed by atoms with Crippen LogP contribution in [0.3, 0.4) is 0 Å². The fraction of sp³-hybridized carbons (Fsp3) is 0.250. The second kappa shape index (κ2) is 7.27. The lowest BCUT2D eigenvalue weighted by Crippen LogP contribution is -2.17. The molecular weight excluding hydrogens is 328 g/mol. The Balaban J connectivity index is 1.72. The molecule has 124 valence electrons. The molecule has 0 aliphatic carbocycles. The van der Waals surface area contributed by atoms with Crippen molar-refractivity contribution >= 4 is 17.5 Å². The average Bonchev–Trinajstić information content (AvgIpc) is 2.98. The van der Waals surface area contributed by atoms with E-state index in [0.29, 0.717) is 29.8 Å². The third kappa shape index (κ3) is 4.20. The first kappa shape index (κ1) is 16.2. The van der Waals surface area contributed by atoms with Crippen molar-refractivity contribution in [3.63, 3.8) is 0 Å². The minimum absolute atomic E-state index is 0.0159. The molecule has 0 unspecified atom stereocenters. The molecule has 7 nitrogen and oxygen atoms in total. The minimum Gasteiger partial charge on any atom is -0.352 e. The van der Waals surface area contributed by atoms with Crippen LogP contribution in [0.2, 0.25) is 5.02 Å². The first-order valence-corrected chi connectivity index (χ1v) is 7.90. The third-order valence-electron chi connectivity index (χ3n) is 3.51. The molecule has 0 spiro atoms. The minimum atomic E-state index is -0.195. The zero-order valence-electron chi connectivity index (χ0n) is 13.1. The smallest absolute Gasteiger partial charge is 0.252 e. The van der Waals surface area contributed by atoms with E-state index in [1.807, 2.05) is 19.1 Å². The normalized spacial score (nSPS) is 12.1. The highest BCUT2D eigenvalue weighted by Gasteiger charge is 2.11. The van der Waals surface area contributed by atoms with Gasteiger partial charge in [0, 0.05) is 43.7 Å². The number of hydrogen-bond acceptors (Lipinski definition) is 5. The van der Waals surface area contributed by atoms with Crippen molar-refractivity contribution in [2.24, 2.45) is 0 Å². The van der Waals surface area contributed by atoms with Gasteiger partial charge in [0.1, 0.15) is 0 Å². The fourth-order valence-electron chi connectivity index (χ4n) is 2.31. The van der Waals surface area contributed by atoms with Gasteiger partial charge in [-0.2, -0.15) is 5.10 Å². The molecule has 8 heteroatoms. The Morgan fingerprint density at radius 2 is 2.29 bits per heavy atom. The predicted molar refractivity (Wildman–Crippen MR) is 92.1 cm³/mol. The van der Waals surface area contributed by atoms with Crippen LogP contribution >= 0.6 is 11.6 Å². The predicted octanol–water partition coefficient (Wildman–Crippen LogP) is 2.43. The van der Waals surface area contributed by atoms with Gasteiger partial charge in [0.2, 0.25) is 5.95 Å². The van der Waals surface area contributed by atoms with Crippen molar-refractivity contribution in [3.8, 4) is 0 Å². The lowest BCUT2D eigenvalue weighted by Gasteiger charge is -2.12. The molecule has 0 amide bonds. The van der Waals surface area contributed by atoms with E-state index in [2.05, 4.69) is 25.4 Å². The van der Waals surface area contributed by atoms with Crippen molar-refractivity contribution in [2.45, 2.75) is 25.9 Å². The molecule has 0 bridgehead atoms. The second-order valence-electron chi connectivity index (χ2n) is 5.52. The van der Waals surface area contributed by atoms with Gasteiger partial charge in [-0.05, 0) is 11.6 Å². The van der Waals surface area contributed by atoms with E-state index in [1.54, 1.807) is 29.5 Å². The molecule has 0 saturated carbocycles. The summed E-state index contributed by atoms with van der Waals surface area (Å²) < 4.78 is 1.73. The van der Waals surface area contributed by atoms with Crippen molar-refractivity contribution in [1.29, 1.82) is 0 Å². The van der Waals surface area contributed by atoms with Gasteiger partial charge >= 0.3 is 0 Å². The number of halogens is 1. The molecule has 3 aromatic rings. The zero-order chi connectivity index (χ0) is 16.9. The van der Waals surface area contributed by atoms with E-state index in [-0.39, 0.29) is 11.5 Å². The summed E-state index contributed by atoms with van der Waals surface area (Å²) >= 11 is 5.87. The highest BCUT2D eigenvalue weighted by Crippen LogP contribution is 2.16. The lowest BCUT2D eigenvalue weighted by atomic mass is 10.1. The second-order valence-corrected chi connectivity index (χ2v) is 5.95. The van der Waals surface area contributed by atoms with E-state index in [1.165, 1.54) is 6.07 Å². The van der Waals surface area contributed by atoms with Gasteiger partial charge in [-0.3, -0.25) is 19.4 Å². The van der Waals surface area contributed by atoms with E-state index in [9.17, 15) is 4.79 Å². The van der Waals surface area contributed by atoms with Crippen LogP contribution < -0.4 is 10.9 Å². The summed E-state index contributed by atoms with van der Waals surface area (Å²) in [5.41, 5.74) is 1.50. The Morgan fingerprint density at radius 1 is 1.42 bits per heavy atom. The first-order chi connectivity index (χ1) is 11.6. The van der Waals surface area contributed by atoms with Gasteiger partial charge in [0.15, 0.2) is 0 Å². The summed E-state index contributed by atoms with van der Waals surface area (Å²) in [5, 5.41) is 7.85. The standard InChI is InChI=1S/C16H17ClN6O/c1-11(9-23-10-13(17)8-20-23)14-5-15(24)22-16(21-14)19-7-12-3-2-4-18-6-12/h2-6,8,10-11H,7,9H2,1H3,(H2,19,21,22,24)/t11-/m1/s1.